The standard InChI is InChI=1S/C13H12ClFN2O2/c14-13-9-1-2-16-5-10(9)11(15)3-12(13)18-6-8-4-17-7-19-8/h3-4,7,16H,1-2,5-6H2. The smallest absolute Gasteiger partial charge is 0.181 e. The summed E-state index contributed by atoms with van der Waals surface area (Å²) in [6.07, 6.45) is 3.57. The number of oxazole rings is 1. The molecule has 1 aromatic heterocycles. The first kappa shape index (κ1) is 12.4. The number of hydrogen-bond donors (Lipinski definition) is 1. The van der Waals surface area contributed by atoms with Crippen LogP contribution in [0.5, 0.6) is 5.75 Å². The zero-order valence-corrected chi connectivity index (χ0v) is 10.8. The first-order valence-corrected chi connectivity index (χ1v) is 6.34. The largest absolute Gasteiger partial charge is 0.484 e. The number of rotatable bonds is 3. The van der Waals surface area contributed by atoms with Crippen molar-refractivity contribution in [2.24, 2.45) is 0 Å². The summed E-state index contributed by atoms with van der Waals surface area (Å²) in [4.78, 5) is 3.78. The minimum Gasteiger partial charge on any atom is -0.484 e. The fourth-order valence-electron chi connectivity index (χ4n) is 2.14. The van der Waals surface area contributed by atoms with Crippen LogP contribution >= 0.6 is 11.6 Å². The van der Waals surface area contributed by atoms with Crippen LogP contribution in [0.2, 0.25) is 5.02 Å². The van der Waals surface area contributed by atoms with E-state index in [0.29, 0.717) is 35.1 Å². The highest BCUT2D eigenvalue weighted by atomic mass is 35.5. The molecule has 2 heterocycles. The third-order valence-corrected chi connectivity index (χ3v) is 3.51. The van der Waals surface area contributed by atoms with Crippen molar-refractivity contribution in [1.29, 1.82) is 0 Å². The molecule has 2 aromatic rings. The molecule has 0 amide bonds. The van der Waals surface area contributed by atoms with E-state index in [9.17, 15) is 4.39 Å². The minimum absolute atomic E-state index is 0.177. The van der Waals surface area contributed by atoms with Crippen LogP contribution in [0, 0.1) is 5.82 Å². The topological polar surface area (TPSA) is 47.3 Å². The van der Waals surface area contributed by atoms with Gasteiger partial charge in [0.2, 0.25) is 0 Å². The quantitative estimate of drug-likeness (QED) is 0.940. The Morgan fingerprint density at radius 1 is 1.47 bits per heavy atom. The van der Waals surface area contributed by atoms with Gasteiger partial charge in [0.1, 0.15) is 18.2 Å². The molecular formula is C13H12ClFN2O2. The molecule has 1 aliphatic rings. The number of halogens is 2. The number of nitrogens with zero attached hydrogens (tertiary/aromatic N) is 1. The third kappa shape index (κ3) is 2.43. The number of fused-ring (bicyclic) bond motifs is 1. The van der Waals surface area contributed by atoms with Gasteiger partial charge in [-0.25, -0.2) is 9.37 Å². The lowest BCUT2D eigenvalue weighted by atomic mass is 10.00. The molecule has 0 atom stereocenters. The molecule has 1 aliphatic heterocycles. The van der Waals surface area contributed by atoms with E-state index in [1.165, 1.54) is 12.5 Å². The van der Waals surface area contributed by atoms with E-state index in [0.717, 1.165) is 12.1 Å². The van der Waals surface area contributed by atoms with E-state index in [4.69, 9.17) is 20.8 Å². The molecule has 0 unspecified atom stereocenters. The molecule has 0 aliphatic carbocycles. The normalized spacial score (nSPS) is 14.2. The summed E-state index contributed by atoms with van der Waals surface area (Å²) in [6, 6.07) is 1.32. The van der Waals surface area contributed by atoms with Crippen LogP contribution in [0.15, 0.2) is 23.1 Å². The Bertz CT molecular complexity index is 587. The second-order valence-corrected chi connectivity index (χ2v) is 4.69. The Morgan fingerprint density at radius 2 is 2.37 bits per heavy atom. The van der Waals surface area contributed by atoms with Crippen LogP contribution in [0.25, 0.3) is 0 Å². The lowest BCUT2D eigenvalue weighted by Gasteiger charge is -2.20. The van der Waals surface area contributed by atoms with Gasteiger partial charge in [0.15, 0.2) is 12.2 Å². The number of benzene rings is 1. The van der Waals surface area contributed by atoms with E-state index in [1.807, 2.05) is 0 Å². The average molecular weight is 283 g/mol. The average Bonchev–Trinajstić information content (AvgIpc) is 2.95. The molecular weight excluding hydrogens is 271 g/mol. The summed E-state index contributed by atoms with van der Waals surface area (Å²) < 4.78 is 24.5. The molecule has 6 heteroatoms. The third-order valence-electron chi connectivity index (χ3n) is 3.10. The summed E-state index contributed by atoms with van der Waals surface area (Å²) in [6.45, 7) is 1.47. The van der Waals surface area contributed by atoms with E-state index < -0.39 is 0 Å². The fourth-order valence-corrected chi connectivity index (χ4v) is 2.45. The highest BCUT2D eigenvalue weighted by Crippen LogP contribution is 2.34. The summed E-state index contributed by atoms with van der Waals surface area (Å²) in [5.41, 5.74) is 1.45. The maximum Gasteiger partial charge on any atom is 0.181 e. The maximum atomic E-state index is 14.0. The van der Waals surface area contributed by atoms with E-state index in [-0.39, 0.29) is 12.4 Å². The molecule has 4 nitrogen and oxygen atoms in total. The minimum atomic E-state index is -0.292. The molecule has 0 radical (unpaired) electrons. The highest BCUT2D eigenvalue weighted by molar-refractivity contribution is 6.33. The lowest BCUT2D eigenvalue weighted by molar-refractivity contribution is 0.268. The summed E-state index contributed by atoms with van der Waals surface area (Å²) in [7, 11) is 0. The van der Waals surface area contributed by atoms with Gasteiger partial charge in [0.05, 0.1) is 11.2 Å². The van der Waals surface area contributed by atoms with Crippen molar-refractivity contribution >= 4 is 11.6 Å². The van der Waals surface area contributed by atoms with Crippen LogP contribution in [0.3, 0.4) is 0 Å². The van der Waals surface area contributed by atoms with Gasteiger partial charge < -0.3 is 14.5 Å². The molecule has 0 spiro atoms. The predicted molar refractivity (Wildman–Crippen MR) is 67.7 cm³/mol. The van der Waals surface area contributed by atoms with Crippen LogP contribution in [-0.2, 0) is 19.6 Å². The van der Waals surface area contributed by atoms with Crippen molar-refractivity contribution in [2.45, 2.75) is 19.6 Å². The van der Waals surface area contributed by atoms with Crippen molar-refractivity contribution in [3.05, 3.63) is 46.4 Å². The predicted octanol–water partition coefficient (Wildman–Crippen LogP) is 2.69. The first-order chi connectivity index (χ1) is 9.25. The number of hydrogen-bond acceptors (Lipinski definition) is 4. The highest BCUT2D eigenvalue weighted by Gasteiger charge is 2.20. The Morgan fingerprint density at radius 3 is 3.16 bits per heavy atom. The van der Waals surface area contributed by atoms with Gasteiger partial charge in [0, 0.05) is 18.2 Å². The summed E-state index contributed by atoms with van der Waals surface area (Å²) in [5.74, 6) is 0.617. The van der Waals surface area contributed by atoms with Gasteiger partial charge in [-0.2, -0.15) is 0 Å². The van der Waals surface area contributed by atoms with Crippen LogP contribution in [0.1, 0.15) is 16.9 Å². The maximum absolute atomic E-state index is 14.0. The Kier molecular flexibility index (Phi) is 3.40. The molecule has 100 valence electrons. The lowest BCUT2D eigenvalue weighted by Crippen LogP contribution is -2.25. The van der Waals surface area contributed by atoms with Gasteiger partial charge in [0.25, 0.3) is 0 Å². The van der Waals surface area contributed by atoms with Crippen molar-refractivity contribution in [1.82, 2.24) is 10.3 Å². The molecule has 0 bridgehead atoms. The van der Waals surface area contributed by atoms with Gasteiger partial charge in [-0.1, -0.05) is 11.6 Å². The molecule has 19 heavy (non-hydrogen) atoms. The van der Waals surface area contributed by atoms with Crippen LogP contribution in [-0.4, -0.2) is 11.5 Å². The summed E-state index contributed by atoms with van der Waals surface area (Å²) in [5, 5.41) is 3.60. The van der Waals surface area contributed by atoms with Crippen molar-refractivity contribution < 1.29 is 13.5 Å². The zero-order chi connectivity index (χ0) is 13.2. The van der Waals surface area contributed by atoms with Crippen molar-refractivity contribution in [2.75, 3.05) is 6.54 Å². The molecule has 1 aromatic carbocycles. The second kappa shape index (κ2) is 5.19. The van der Waals surface area contributed by atoms with Gasteiger partial charge in [-0.3, -0.25) is 0 Å². The molecule has 3 rings (SSSR count). The SMILES string of the molecule is Fc1cc(OCc2cnco2)c(Cl)c2c1CNCC2. The number of aromatic nitrogens is 1. The fraction of sp³-hybridized carbons (Fsp3) is 0.308. The van der Waals surface area contributed by atoms with E-state index in [2.05, 4.69) is 10.3 Å². The van der Waals surface area contributed by atoms with Gasteiger partial charge >= 0.3 is 0 Å². The molecule has 0 saturated heterocycles. The van der Waals surface area contributed by atoms with Crippen LogP contribution < -0.4 is 10.1 Å². The summed E-state index contributed by atoms with van der Waals surface area (Å²) >= 11 is 6.27. The first-order valence-electron chi connectivity index (χ1n) is 5.96. The van der Waals surface area contributed by atoms with Crippen molar-refractivity contribution in [3.63, 3.8) is 0 Å². The van der Waals surface area contributed by atoms with E-state index >= 15 is 0 Å². The Labute approximate surface area is 114 Å². The van der Waals surface area contributed by atoms with Gasteiger partial charge in [-0.05, 0) is 18.5 Å². The molecule has 1 N–H and O–H groups in total. The van der Waals surface area contributed by atoms with Crippen LogP contribution in [0.4, 0.5) is 4.39 Å². The number of ether oxygens (including phenoxy) is 1. The molecule has 0 fully saturated rings. The van der Waals surface area contributed by atoms with Gasteiger partial charge in [-0.15, -0.1) is 0 Å². The number of nitrogens with one attached hydrogen (secondary N) is 1. The monoisotopic (exact) mass is 282 g/mol. The second-order valence-electron chi connectivity index (χ2n) is 4.31. The Hall–Kier alpha value is -1.59. The Balaban J connectivity index is 1.87. The van der Waals surface area contributed by atoms with E-state index in [1.54, 1.807) is 6.20 Å². The molecule has 0 saturated carbocycles. The zero-order valence-electron chi connectivity index (χ0n) is 10.1. The van der Waals surface area contributed by atoms with Crippen molar-refractivity contribution in [3.8, 4) is 5.75 Å².